The zero-order valence-electron chi connectivity index (χ0n) is 21.8. The summed E-state index contributed by atoms with van der Waals surface area (Å²) in [6.07, 6.45) is 0.382. The molecule has 0 aliphatic carbocycles. The van der Waals surface area contributed by atoms with Crippen molar-refractivity contribution >= 4 is 27.5 Å². The minimum Gasteiger partial charge on any atom is -0.352 e. The van der Waals surface area contributed by atoms with E-state index in [9.17, 15) is 18.0 Å². The number of benzene rings is 3. The lowest BCUT2D eigenvalue weighted by atomic mass is 10.1. The first-order chi connectivity index (χ1) is 17.6. The first-order valence-corrected chi connectivity index (χ1v) is 13.9. The van der Waals surface area contributed by atoms with E-state index < -0.39 is 28.5 Å². The van der Waals surface area contributed by atoms with Crippen LogP contribution < -0.4 is 9.62 Å². The van der Waals surface area contributed by atoms with Gasteiger partial charge in [-0.05, 0) is 57.0 Å². The van der Waals surface area contributed by atoms with Gasteiger partial charge < -0.3 is 10.2 Å². The molecule has 3 rings (SSSR count). The van der Waals surface area contributed by atoms with Crippen LogP contribution >= 0.6 is 0 Å². The van der Waals surface area contributed by atoms with Gasteiger partial charge in [0.1, 0.15) is 12.6 Å². The molecule has 3 aromatic rings. The number of carbonyl (C=O) groups excluding carboxylic acids is 2. The van der Waals surface area contributed by atoms with Crippen molar-refractivity contribution < 1.29 is 18.0 Å². The molecule has 0 aromatic heterocycles. The van der Waals surface area contributed by atoms with E-state index in [4.69, 9.17) is 0 Å². The summed E-state index contributed by atoms with van der Waals surface area (Å²) in [5.41, 5.74) is 2.15. The fourth-order valence-corrected chi connectivity index (χ4v) is 5.45. The Morgan fingerprint density at radius 1 is 0.865 bits per heavy atom. The number of rotatable bonds is 11. The second kappa shape index (κ2) is 12.5. The lowest BCUT2D eigenvalue weighted by Crippen LogP contribution is -2.53. The van der Waals surface area contributed by atoms with Crippen LogP contribution in [0.5, 0.6) is 0 Å². The quantitative estimate of drug-likeness (QED) is 0.402. The van der Waals surface area contributed by atoms with Gasteiger partial charge in [-0.1, -0.05) is 73.2 Å². The van der Waals surface area contributed by atoms with E-state index in [1.165, 1.54) is 17.0 Å². The topological polar surface area (TPSA) is 86.8 Å². The molecule has 0 bridgehead atoms. The van der Waals surface area contributed by atoms with E-state index in [0.717, 1.165) is 15.4 Å². The average Bonchev–Trinajstić information content (AvgIpc) is 2.88. The molecule has 0 spiro atoms. The van der Waals surface area contributed by atoms with Crippen molar-refractivity contribution in [3.63, 3.8) is 0 Å². The fourth-order valence-electron chi connectivity index (χ4n) is 4.04. The zero-order chi connectivity index (χ0) is 27.0. The first kappa shape index (κ1) is 27.9. The predicted octanol–water partition coefficient (Wildman–Crippen LogP) is 4.52. The van der Waals surface area contributed by atoms with Crippen molar-refractivity contribution in [3.05, 3.63) is 96.1 Å². The SMILES string of the molecule is CC[C@H](C(=O)NC(C)C)N(Cc1ccccc1)C(=O)CN(c1ccccc1)S(=O)(=O)c1ccc(C)cc1. The maximum atomic E-state index is 13.9. The highest BCUT2D eigenvalue weighted by Crippen LogP contribution is 2.25. The van der Waals surface area contributed by atoms with Crippen molar-refractivity contribution in [2.24, 2.45) is 0 Å². The van der Waals surface area contributed by atoms with E-state index in [-0.39, 0.29) is 23.4 Å². The van der Waals surface area contributed by atoms with Crippen molar-refractivity contribution in [2.75, 3.05) is 10.8 Å². The smallest absolute Gasteiger partial charge is 0.264 e. The van der Waals surface area contributed by atoms with Crippen molar-refractivity contribution in [1.29, 1.82) is 0 Å². The number of amides is 2. The maximum Gasteiger partial charge on any atom is 0.264 e. The molecule has 7 nitrogen and oxygen atoms in total. The Kier molecular flexibility index (Phi) is 9.47. The standard InChI is InChI=1S/C29H35N3O4S/c1-5-27(29(34)30-22(2)3)31(20-24-12-8-6-9-13-24)28(33)21-32(25-14-10-7-11-15-25)37(35,36)26-18-16-23(4)17-19-26/h6-19,22,27H,5,20-21H2,1-4H3,(H,30,34)/t27-/m1/s1. The van der Waals surface area contributed by atoms with Gasteiger partial charge in [-0.3, -0.25) is 13.9 Å². The van der Waals surface area contributed by atoms with Gasteiger partial charge in [-0.15, -0.1) is 0 Å². The number of anilines is 1. The molecule has 0 unspecified atom stereocenters. The summed E-state index contributed by atoms with van der Waals surface area (Å²) in [4.78, 5) is 28.6. The summed E-state index contributed by atoms with van der Waals surface area (Å²) >= 11 is 0. The largest absolute Gasteiger partial charge is 0.352 e. The number of carbonyl (C=O) groups is 2. The fraction of sp³-hybridized carbons (Fsp3) is 0.310. The van der Waals surface area contributed by atoms with E-state index in [1.807, 2.05) is 58.0 Å². The molecule has 0 radical (unpaired) electrons. The molecule has 2 amide bonds. The Labute approximate surface area is 220 Å². The van der Waals surface area contributed by atoms with E-state index in [0.29, 0.717) is 12.1 Å². The molecule has 8 heteroatoms. The van der Waals surface area contributed by atoms with Crippen LogP contribution in [0.4, 0.5) is 5.69 Å². The lowest BCUT2D eigenvalue weighted by Gasteiger charge is -2.33. The number of hydrogen-bond acceptors (Lipinski definition) is 4. The second-order valence-corrected chi connectivity index (χ2v) is 11.1. The molecule has 37 heavy (non-hydrogen) atoms. The van der Waals surface area contributed by atoms with Crippen molar-refractivity contribution in [3.8, 4) is 0 Å². The third-order valence-corrected chi connectivity index (χ3v) is 7.73. The van der Waals surface area contributed by atoms with E-state index >= 15 is 0 Å². The van der Waals surface area contributed by atoms with Crippen molar-refractivity contribution in [1.82, 2.24) is 10.2 Å². The summed E-state index contributed by atoms with van der Waals surface area (Å²) in [7, 11) is -4.06. The third kappa shape index (κ3) is 7.20. The van der Waals surface area contributed by atoms with Crippen LogP contribution in [0.1, 0.15) is 38.3 Å². The van der Waals surface area contributed by atoms with Gasteiger partial charge in [-0.2, -0.15) is 0 Å². The lowest BCUT2D eigenvalue weighted by molar-refractivity contribution is -0.140. The molecule has 3 aromatic carbocycles. The number of nitrogens with one attached hydrogen (secondary N) is 1. The summed E-state index contributed by atoms with van der Waals surface area (Å²) in [6, 6.07) is 23.6. The van der Waals surface area contributed by atoms with Crippen LogP contribution in [0, 0.1) is 6.92 Å². The minimum atomic E-state index is -4.06. The maximum absolute atomic E-state index is 13.9. The molecule has 0 saturated heterocycles. The van der Waals surface area contributed by atoms with Crippen LogP contribution in [-0.4, -0.2) is 43.8 Å². The molecular weight excluding hydrogens is 486 g/mol. The number of hydrogen-bond donors (Lipinski definition) is 1. The Balaban J connectivity index is 2.02. The zero-order valence-corrected chi connectivity index (χ0v) is 22.6. The van der Waals surface area contributed by atoms with Gasteiger partial charge in [0.2, 0.25) is 11.8 Å². The highest BCUT2D eigenvalue weighted by Gasteiger charge is 2.33. The molecule has 0 aliphatic heterocycles. The molecular formula is C29H35N3O4S. The van der Waals surface area contributed by atoms with Crippen LogP contribution in [0.15, 0.2) is 89.8 Å². The highest BCUT2D eigenvalue weighted by molar-refractivity contribution is 7.92. The van der Waals surface area contributed by atoms with Gasteiger partial charge in [0, 0.05) is 12.6 Å². The third-order valence-electron chi connectivity index (χ3n) is 5.94. The summed E-state index contributed by atoms with van der Waals surface area (Å²) < 4.78 is 28.6. The van der Waals surface area contributed by atoms with Crippen LogP contribution in [0.2, 0.25) is 0 Å². The summed E-state index contributed by atoms with van der Waals surface area (Å²) in [5.74, 6) is -0.733. The monoisotopic (exact) mass is 521 g/mol. The van der Waals surface area contributed by atoms with Crippen LogP contribution in [0.3, 0.4) is 0 Å². The van der Waals surface area contributed by atoms with E-state index in [1.54, 1.807) is 42.5 Å². The normalized spacial score (nSPS) is 12.1. The predicted molar refractivity (Wildman–Crippen MR) is 147 cm³/mol. The van der Waals surface area contributed by atoms with Crippen molar-refractivity contribution in [2.45, 2.75) is 57.6 Å². The highest BCUT2D eigenvalue weighted by atomic mass is 32.2. The summed E-state index contributed by atoms with van der Waals surface area (Å²) in [5, 5.41) is 2.90. The van der Waals surface area contributed by atoms with Crippen LogP contribution in [-0.2, 0) is 26.2 Å². The Morgan fingerprint density at radius 2 is 1.43 bits per heavy atom. The van der Waals surface area contributed by atoms with Crippen LogP contribution in [0.25, 0.3) is 0 Å². The molecule has 0 saturated carbocycles. The van der Waals surface area contributed by atoms with Gasteiger partial charge in [-0.25, -0.2) is 8.42 Å². The molecule has 0 heterocycles. The number of sulfonamides is 1. The number of aryl methyl sites for hydroxylation is 1. The average molecular weight is 522 g/mol. The Hall–Kier alpha value is -3.65. The number of nitrogens with zero attached hydrogens (tertiary/aromatic N) is 2. The molecule has 0 fully saturated rings. The number of para-hydroxylation sites is 1. The minimum absolute atomic E-state index is 0.0916. The van der Waals surface area contributed by atoms with Gasteiger partial charge in [0.25, 0.3) is 10.0 Å². The second-order valence-electron chi connectivity index (χ2n) is 9.25. The molecule has 0 aliphatic rings. The molecule has 1 N–H and O–H groups in total. The van der Waals surface area contributed by atoms with Gasteiger partial charge in [0.15, 0.2) is 0 Å². The first-order valence-electron chi connectivity index (χ1n) is 12.4. The summed E-state index contributed by atoms with van der Waals surface area (Å²) in [6.45, 7) is 7.17. The van der Waals surface area contributed by atoms with E-state index in [2.05, 4.69) is 5.32 Å². The Bertz CT molecular complexity index is 1280. The van der Waals surface area contributed by atoms with Gasteiger partial charge >= 0.3 is 0 Å². The van der Waals surface area contributed by atoms with Gasteiger partial charge in [0.05, 0.1) is 10.6 Å². The molecule has 1 atom stereocenters. The Morgan fingerprint density at radius 3 is 1.97 bits per heavy atom. The molecule has 196 valence electrons.